The minimum absolute atomic E-state index is 0. The van der Waals surface area contributed by atoms with Crippen molar-refractivity contribution in [2.24, 2.45) is 0 Å². The molecule has 0 aliphatic carbocycles. The maximum Gasteiger partial charge on any atom is 1.00 e. The normalized spacial score (nSPS) is 10.1. The van der Waals surface area contributed by atoms with Gasteiger partial charge >= 0.3 is 58.2 Å². The average Bonchev–Trinajstić information content (AvgIpc) is 2.45. The van der Waals surface area contributed by atoms with Crippen molar-refractivity contribution in [2.75, 3.05) is 0 Å². The molecule has 2 aromatic heterocycles. The summed E-state index contributed by atoms with van der Waals surface area (Å²) in [4.78, 5) is 11.3. The maximum absolute atomic E-state index is 11.3. The van der Waals surface area contributed by atoms with Gasteiger partial charge in [-0.1, -0.05) is 18.6 Å². The third kappa shape index (κ3) is 2.33. The summed E-state index contributed by atoms with van der Waals surface area (Å²) < 4.78 is 1.91. The molecule has 0 aromatic carbocycles. The zero-order chi connectivity index (χ0) is 10.3. The fourth-order valence-corrected chi connectivity index (χ4v) is 1.83. The van der Waals surface area contributed by atoms with E-state index in [0.717, 1.165) is 11.1 Å². The van der Waals surface area contributed by atoms with Crippen LogP contribution >= 0.6 is 0 Å². The molecule has 3 heteroatoms. The van der Waals surface area contributed by atoms with E-state index < -0.39 is 0 Å². The summed E-state index contributed by atoms with van der Waals surface area (Å²) in [6.45, 7) is 5.59. The van der Waals surface area contributed by atoms with Crippen LogP contribution in [0.15, 0.2) is 18.3 Å². The Kier molecular flexibility index (Phi) is 4.47. The third-order valence-electron chi connectivity index (χ3n) is 2.43. The van der Waals surface area contributed by atoms with E-state index in [1.54, 1.807) is 6.92 Å². The van der Waals surface area contributed by atoms with Gasteiger partial charge in [-0.2, -0.15) is 6.07 Å². The van der Waals surface area contributed by atoms with Crippen LogP contribution in [0, 0.1) is 19.9 Å². The van der Waals surface area contributed by atoms with E-state index >= 15 is 0 Å². The van der Waals surface area contributed by atoms with Gasteiger partial charge in [0.1, 0.15) is 0 Å². The molecule has 2 heterocycles. The van der Waals surface area contributed by atoms with Crippen LogP contribution in [0.5, 0.6) is 0 Å². The van der Waals surface area contributed by atoms with Gasteiger partial charge in [0.15, 0.2) is 0 Å². The average molecular weight is 272 g/mol. The minimum Gasteiger partial charge on any atom is -0.389 e. The number of carbonyl (C=O) groups excluding carboxylic acids is 1. The Hall–Kier alpha value is 0.235. The maximum atomic E-state index is 11.3. The van der Waals surface area contributed by atoms with Crippen LogP contribution in [0.2, 0.25) is 0 Å². The molecule has 15 heavy (non-hydrogen) atoms. The molecule has 72 valence electrons. The molecule has 0 spiro atoms. The van der Waals surface area contributed by atoms with Gasteiger partial charge in [0, 0.05) is 0 Å². The van der Waals surface area contributed by atoms with E-state index in [2.05, 4.69) is 6.07 Å². The predicted molar refractivity (Wildman–Crippen MR) is 55.7 cm³/mol. The van der Waals surface area contributed by atoms with Gasteiger partial charge in [-0.05, 0) is 37.3 Å². The van der Waals surface area contributed by atoms with Gasteiger partial charge in [0.25, 0.3) is 0 Å². The SMILES string of the molecule is CC(=O)c1[c-]c(C)c2c(C)cccn12.[Rb+]. The van der Waals surface area contributed by atoms with Gasteiger partial charge in [-0.3, -0.25) is 0 Å². The zero-order valence-corrected chi connectivity index (χ0v) is 14.5. The number of aryl methyl sites for hydroxylation is 2. The molecule has 0 aliphatic heterocycles. The Morgan fingerprint density at radius 3 is 2.67 bits per heavy atom. The molecule has 0 unspecified atom stereocenters. The number of hydrogen-bond acceptors (Lipinski definition) is 1. The topological polar surface area (TPSA) is 21.5 Å². The molecule has 2 aromatic rings. The minimum atomic E-state index is 0. The monoisotopic (exact) mass is 271 g/mol. The molecule has 0 bridgehead atoms. The first-order valence-electron chi connectivity index (χ1n) is 4.61. The Labute approximate surface area is 138 Å². The number of hydrogen-bond donors (Lipinski definition) is 0. The second-order valence-corrected chi connectivity index (χ2v) is 3.56. The number of Topliss-reactive ketones (excluding diaryl/α,β-unsaturated/α-hetero) is 1. The predicted octanol–water partition coefficient (Wildman–Crippen LogP) is -0.437. The van der Waals surface area contributed by atoms with Crippen LogP contribution in [-0.4, -0.2) is 10.2 Å². The Morgan fingerprint density at radius 1 is 1.40 bits per heavy atom. The van der Waals surface area contributed by atoms with Crippen LogP contribution in [0.25, 0.3) is 5.52 Å². The summed E-state index contributed by atoms with van der Waals surface area (Å²) in [5.74, 6) is 0.0544. The molecule has 0 amide bonds. The van der Waals surface area contributed by atoms with Crippen LogP contribution < -0.4 is 58.2 Å². The number of pyridine rings is 1. The van der Waals surface area contributed by atoms with Crippen molar-refractivity contribution in [3.05, 3.63) is 41.2 Å². The smallest absolute Gasteiger partial charge is 0.389 e. The molecular formula is C12H12NORb. The van der Waals surface area contributed by atoms with Crippen LogP contribution in [0.1, 0.15) is 28.5 Å². The summed E-state index contributed by atoms with van der Waals surface area (Å²) in [6.07, 6.45) is 1.91. The molecular weight excluding hydrogens is 260 g/mol. The summed E-state index contributed by atoms with van der Waals surface area (Å²) in [5, 5.41) is 0. The van der Waals surface area contributed by atoms with Gasteiger partial charge in [0.2, 0.25) is 0 Å². The first kappa shape index (κ1) is 13.3. The first-order chi connectivity index (χ1) is 6.61. The number of nitrogens with zero attached hydrogens (tertiary/aromatic N) is 1. The molecule has 2 rings (SSSR count). The summed E-state index contributed by atoms with van der Waals surface area (Å²) in [7, 11) is 0. The molecule has 0 N–H and O–H groups in total. The molecule has 0 atom stereocenters. The van der Waals surface area contributed by atoms with Crippen molar-refractivity contribution in [3.8, 4) is 0 Å². The quantitative estimate of drug-likeness (QED) is 0.509. The number of fused-ring (bicyclic) bond motifs is 1. The van der Waals surface area contributed by atoms with Crippen molar-refractivity contribution < 1.29 is 63.0 Å². The fraction of sp³-hybridized carbons (Fsp3) is 0.250. The second kappa shape index (κ2) is 5.04. The molecule has 0 saturated carbocycles. The number of rotatable bonds is 1. The molecule has 0 fully saturated rings. The summed E-state index contributed by atoms with van der Waals surface area (Å²) >= 11 is 0. The molecule has 0 radical (unpaired) electrons. The Balaban J connectivity index is 0.00000112. The Bertz CT molecular complexity index is 514. The van der Waals surface area contributed by atoms with Crippen molar-refractivity contribution in [1.82, 2.24) is 4.40 Å². The van der Waals surface area contributed by atoms with E-state index in [1.165, 1.54) is 5.56 Å². The van der Waals surface area contributed by atoms with E-state index in [9.17, 15) is 4.79 Å². The largest absolute Gasteiger partial charge is 1.00 e. The first-order valence-corrected chi connectivity index (χ1v) is 4.61. The van der Waals surface area contributed by atoms with E-state index in [4.69, 9.17) is 0 Å². The van der Waals surface area contributed by atoms with Crippen molar-refractivity contribution in [1.29, 1.82) is 0 Å². The molecule has 0 aliphatic rings. The second-order valence-electron chi connectivity index (χ2n) is 3.56. The van der Waals surface area contributed by atoms with Gasteiger partial charge in [-0.25, -0.2) is 0 Å². The Morgan fingerprint density at radius 2 is 2.07 bits per heavy atom. The van der Waals surface area contributed by atoms with E-state index in [-0.39, 0.29) is 64.0 Å². The van der Waals surface area contributed by atoms with E-state index in [1.807, 2.05) is 36.6 Å². The van der Waals surface area contributed by atoms with Crippen LogP contribution in [0.4, 0.5) is 0 Å². The zero-order valence-electron chi connectivity index (χ0n) is 9.59. The summed E-state index contributed by atoms with van der Waals surface area (Å²) in [6, 6.07) is 7.09. The number of carbonyl (C=O) groups is 1. The van der Waals surface area contributed by atoms with Crippen molar-refractivity contribution in [2.45, 2.75) is 20.8 Å². The van der Waals surface area contributed by atoms with Gasteiger partial charge in [-0.15, -0.1) is 5.56 Å². The standard InChI is InChI=1S/C12H12NO.Rb/c1-8-5-4-6-13-11(10(3)14)7-9(2)12(8)13;/h4-6H,1-3H3;/q-1;+1. The third-order valence-corrected chi connectivity index (χ3v) is 2.43. The molecule has 2 nitrogen and oxygen atoms in total. The van der Waals surface area contributed by atoms with Crippen molar-refractivity contribution in [3.63, 3.8) is 0 Å². The molecule has 0 saturated heterocycles. The van der Waals surface area contributed by atoms with Crippen LogP contribution in [-0.2, 0) is 0 Å². The van der Waals surface area contributed by atoms with Gasteiger partial charge in [0.05, 0.1) is 5.78 Å². The fourth-order valence-electron chi connectivity index (χ4n) is 1.83. The van der Waals surface area contributed by atoms with Gasteiger partial charge < -0.3 is 9.20 Å². The number of ketones is 1. The summed E-state index contributed by atoms with van der Waals surface area (Å²) in [5.41, 5.74) is 3.95. The van der Waals surface area contributed by atoms with Crippen molar-refractivity contribution >= 4 is 11.3 Å². The number of aromatic nitrogens is 1. The van der Waals surface area contributed by atoms with Crippen LogP contribution in [0.3, 0.4) is 0 Å². The van der Waals surface area contributed by atoms with E-state index in [0.29, 0.717) is 5.69 Å².